The fourth-order valence-electron chi connectivity index (χ4n) is 4.00. The number of ether oxygens (including phenoxy) is 1. The molecule has 1 atom stereocenters. The lowest BCUT2D eigenvalue weighted by atomic mass is 9.98. The maximum Gasteiger partial charge on any atom is 0.407 e. The van der Waals surface area contributed by atoms with Crippen molar-refractivity contribution in [1.29, 1.82) is 0 Å². The van der Waals surface area contributed by atoms with E-state index in [1.54, 1.807) is 0 Å². The molecule has 3 N–H and O–H groups in total. The zero-order valence-electron chi connectivity index (χ0n) is 16.5. The van der Waals surface area contributed by atoms with E-state index < -0.39 is 18.1 Å². The van der Waals surface area contributed by atoms with Crippen LogP contribution in [0.4, 0.5) is 4.79 Å². The number of carboxylic acids is 1. The number of carbonyl (C=O) groups excluding carboxylic acids is 2. The van der Waals surface area contributed by atoms with Gasteiger partial charge in [-0.25, -0.2) is 4.79 Å². The van der Waals surface area contributed by atoms with Crippen molar-refractivity contribution in [1.82, 2.24) is 10.6 Å². The van der Waals surface area contributed by atoms with Crippen LogP contribution in [0.25, 0.3) is 11.1 Å². The van der Waals surface area contributed by atoms with Crippen LogP contribution in [-0.4, -0.2) is 42.3 Å². The van der Waals surface area contributed by atoms with Crippen LogP contribution in [0.1, 0.15) is 36.3 Å². The lowest BCUT2D eigenvalue weighted by molar-refractivity contribution is -0.137. The molecule has 0 heterocycles. The summed E-state index contributed by atoms with van der Waals surface area (Å²) in [6.07, 6.45) is 0.900. The molecule has 7 nitrogen and oxygen atoms in total. The van der Waals surface area contributed by atoms with Gasteiger partial charge in [-0.05, 0) is 41.0 Å². The molecular weight excluding hydrogens is 384 g/mol. The fourth-order valence-corrected chi connectivity index (χ4v) is 4.00. The van der Waals surface area contributed by atoms with Gasteiger partial charge in [-0.2, -0.15) is 0 Å². The van der Waals surface area contributed by atoms with Crippen LogP contribution in [-0.2, 0) is 14.3 Å². The van der Waals surface area contributed by atoms with Crippen molar-refractivity contribution in [3.63, 3.8) is 0 Å². The van der Waals surface area contributed by atoms with E-state index in [0.717, 1.165) is 35.1 Å². The van der Waals surface area contributed by atoms with Crippen molar-refractivity contribution in [3.8, 4) is 11.1 Å². The topological polar surface area (TPSA) is 105 Å². The van der Waals surface area contributed by atoms with Crippen molar-refractivity contribution >= 4 is 18.0 Å². The van der Waals surface area contributed by atoms with Crippen LogP contribution in [0.5, 0.6) is 0 Å². The summed E-state index contributed by atoms with van der Waals surface area (Å²) in [5, 5.41) is 13.9. The van der Waals surface area contributed by atoms with Crippen LogP contribution >= 0.6 is 0 Å². The summed E-state index contributed by atoms with van der Waals surface area (Å²) < 4.78 is 5.52. The Hall–Kier alpha value is -3.35. The SMILES string of the molecule is O=C(O)CCNC(=O)C(NC(=O)OCC1c2ccccc2-c2ccccc21)C1CC1. The molecule has 0 aliphatic heterocycles. The molecule has 2 aromatic carbocycles. The molecule has 7 heteroatoms. The molecule has 2 aliphatic rings. The molecule has 30 heavy (non-hydrogen) atoms. The van der Waals surface area contributed by atoms with Gasteiger partial charge in [-0.1, -0.05) is 48.5 Å². The first-order valence-electron chi connectivity index (χ1n) is 10.2. The highest BCUT2D eigenvalue weighted by atomic mass is 16.5. The van der Waals surface area contributed by atoms with E-state index in [1.807, 2.05) is 36.4 Å². The van der Waals surface area contributed by atoms with E-state index in [0.29, 0.717) is 0 Å². The summed E-state index contributed by atoms with van der Waals surface area (Å²) in [5.74, 6) is -1.34. The molecule has 2 amide bonds. The molecule has 0 aromatic heterocycles. The Bertz CT molecular complexity index is 924. The van der Waals surface area contributed by atoms with Gasteiger partial charge in [0.05, 0.1) is 6.42 Å². The van der Waals surface area contributed by atoms with E-state index in [4.69, 9.17) is 9.84 Å². The standard InChI is InChI=1S/C23H24N2O5/c26-20(27)11-12-24-22(28)21(14-9-10-14)25-23(29)30-13-19-17-7-3-1-5-15(17)16-6-2-4-8-18(16)19/h1-8,14,19,21H,9-13H2,(H,24,28)(H,25,29)(H,26,27). The van der Waals surface area contributed by atoms with Gasteiger partial charge in [0.2, 0.25) is 5.91 Å². The largest absolute Gasteiger partial charge is 0.481 e. The minimum atomic E-state index is -0.984. The zero-order valence-corrected chi connectivity index (χ0v) is 16.5. The Kier molecular flexibility index (Phi) is 5.70. The predicted octanol–water partition coefficient (Wildman–Crippen LogP) is 2.89. The maximum atomic E-state index is 12.4. The average molecular weight is 408 g/mol. The third-order valence-electron chi connectivity index (χ3n) is 5.63. The summed E-state index contributed by atoms with van der Waals surface area (Å²) in [6, 6.07) is 15.5. The number of carbonyl (C=O) groups is 3. The van der Waals surface area contributed by atoms with Gasteiger partial charge in [0.25, 0.3) is 0 Å². The van der Waals surface area contributed by atoms with Gasteiger partial charge < -0.3 is 20.5 Å². The summed E-state index contributed by atoms with van der Waals surface area (Å²) in [5.41, 5.74) is 4.54. The van der Waals surface area contributed by atoms with Crippen molar-refractivity contribution in [2.75, 3.05) is 13.2 Å². The molecule has 1 fully saturated rings. The minimum absolute atomic E-state index is 0.0315. The van der Waals surface area contributed by atoms with Crippen LogP contribution in [0, 0.1) is 5.92 Å². The van der Waals surface area contributed by atoms with Crippen molar-refractivity contribution in [2.24, 2.45) is 5.92 Å². The number of fused-ring (bicyclic) bond motifs is 3. The molecule has 0 radical (unpaired) electrons. The first-order chi connectivity index (χ1) is 14.5. The second-order valence-electron chi connectivity index (χ2n) is 7.72. The summed E-state index contributed by atoms with van der Waals surface area (Å²) in [6.45, 7) is 0.210. The van der Waals surface area contributed by atoms with Gasteiger partial charge in [0.15, 0.2) is 0 Å². The molecule has 156 valence electrons. The van der Waals surface area contributed by atoms with Crippen LogP contribution in [0.2, 0.25) is 0 Å². The molecule has 2 aromatic rings. The Balaban J connectivity index is 1.37. The molecule has 4 rings (SSSR count). The number of nitrogens with one attached hydrogen (secondary N) is 2. The molecule has 1 saturated carbocycles. The zero-order chi connectivity index (χ0) is 21.1. The number of hydrogen-bond donors (Lipinski definition) is 3. The minimum Gasteiger partial charge on any atom is -0.481 e. The van der Waals surface area contributed by atoms with E-state index >= 15 is 0 Å². The predicted molar refractivity (Wildman–Crippen MR) is 110 cm³/mol. The first kappa shape index (κ1) is 19.9. The second kappa shape index (κ2) is 8.57. The first-order valence-corrected chi connectivity index (χ1v) is 10.2. The maximum absolute atomic E-state index is 12.4. The van der Waals surface area contributed by atoms with Gasteiger partial charge in [-0.3, -0.25) is 9.59 Å². The highest BCUT2D eigenvalue weighted by Gasteiger charge is 2.38. The number of hydrogen-bond acceptors (Lipinski definition) is 4. The molecule has 0 saturated heterocycles. The Morgan fingerprint density at radius 2 is 1.60 bits per heavy atom. The quantitative estimate of drug-likeness (QED) is 0.623. The third-order valence-corrected chi connectivity index (χ3v) is 5.63. The summed E-state index contributed by atoms with van der Waals surface area (Å²) in [4.78, 5) is 35.4. The summed E-state index contributed by atoms with van der Waals surface area (Å²) in [7, 11) is 0. The fraction of sp³-hybridized carbons (Fsp3) is 0.348. The lowest BCUT2D eigenvalue weighted by Crippen LogP contribution is -2.48. The van der Waals surface area contributed by atoms with E-state index in [9.17, 15) is 14.4 Å². The van der Waals surface area contributed by atoms with Crippen molar-refractivity contribution in [2.45, 2.75) is 31.2 Å². The molecule has 0 bridgehead atoms. The van der Waals surface area contributed by atoms with Crippen molar-refractivity contribution in [3.05, 3.63) is 59.7 Å². The highest BCUT2D eigenvalue weighted by molar-refractivity contribution is 5.86. The number of aliphatic carboxylic acids is 1. The Labute approximate surface area is 174 Å². The van der Waals surface area contributed by atoms with Crippen LogP contribution in [0.3, 0.4) is 0 Å². The van der Waals surface area contributed by atoms with Gasteiger partial charge in [-0.15, -0.1) is 0 Å². The highest BCUT2D eigenvalue weighted by Crippen LogP contribution is 2.44. The smallest absolute Gasteiger partial charge is 0.407 e. The van der Waals surface area contributed by atoms with E-state index in [1.165, 1.54) is 0 Å². The molecule has 2 aliphatic carbocycles. The van der Waals surface area contributed by atoms with Gasteiger partial charge >= 0.3 is 12.1 Å². The number of amides is 2. The van der Waals surface area contributed by atoms with Crippen LogP contribution in [0.15, 0.2) is 48.5 Å². The molecular formula is C23H24N2O5. The molecule has 0 spiro atoms. The number of benzene rings is 2. The molecule has 1 unspecified atom stereocenters. The number of carboxylic acid groups (broad SMARTS) is 1. The Morgan fingerprint density at radius 3 is 2.17 bits per heavy atom. The van der Waals surface area contributed by atoms with E-state index in [-0.39, 0.29) is 37.3 Å². The number of rotatable bonds is 8. The van der Waals surface area contributed by atoms with Gasteiger partial charge in [0, 0.05) is 12.5 Å². The second-order valence-corrected chi connectivity index (χ2v) is 7.72. The monoisotopic (exact) mass is 408 g/mol. The van der Waals surface area contributed by atoms with Crippen molar-refractivity contribution < 1.29 is 24.2 Å². The normalized spacial score (nSPS) is 15.6. The van der Waals surface area contributed by atoms with E-state index in [2.05, 4.69) is 22.8 Å². The summed E-state index contributed by atoms with van der Waals surface area (Å²) >= 11 is 0. The third kappa shape index (κ3) is 4.30. The number of alkyl carbamates (subject to hydrolysis) is 1. The average Bonchev–Trinajstić information content (AvgIpc) is 3.53. The lowest BCUT2D eigenvalue weighted by Gasteiger charge is -2.19. The van der Waals surface area contributed by atoms with Crippen LogP contribution < -0.4 is 10.6 Å². The Morgan fingerprint density at radius 1 is 1.00 bits per heavy atom. The van der Waals surface area contributed by atoms with Gasteiger partial charge in [0.1, 0.15) is 12.6 Å².